The van der Waals surface area contributed by atoms with Gasteiger partial charge in [-0.3, -0.25) is 0 Å². The maximum Gasteiger partial charge on any atom is 0.488 e. The van der Waals surface area contributed by atoms with Crippen molar-refractivity contribution in [1.82, 2.24) is 0 Å². The highest BCUT2D eigenvalue weighted by molar-refractivity contribution is 7.81. The van der Waals surface area contributed by atoms with Crippen molar-refractivity contribution in [2.75, 3.05) is 0 Å². The third-order valence-electron chi connectivity index (χ3n) is 2.91. The van der Waals surface area contributed by atoms with Crippen LogP contribution >= 0.6 is 0 Å². The summed E-state index contributed by atoms with van der Waals surface area (Å²) in [5, 5.41) is 3.73. The maximum absolute atomic E-state index is 12.5. The average Bonchev–Trinajstić information content (AvgIpc) is 2.37. The van der Waals surface area contributed by atoms with Crippen LogP contribution in [0, 0.1) is 0 Å². The number of fused-ring (bicyclic) bond motifs is 3. The molecule has 19 heavy (non-hydrogen) atoms. The van der Waals surface area contributed by atoms with E-state index in [1.807, 2.05) is 36.4 Å². The molecule has 0 saturated heterocycles. The molecule has 0 aliphatic rings. The molecule has 5 heteroatoms. The van der Waals surface area contributed by atoms with Gasteiger partial charge in [0, 0.05) is 0 Å². The minimum absolute atomic E-state index is 0.0358. The molecule has 0 fully saturated rings. The number of hydrogen-bond donors (Lipinski definition) is 0. The highest BCUT2D eigenvalue weighted by atomic mass is 32.3. The highest BCUT2D eigenvalue weighted by Gasteiger charge is 2.10. The first-order chi connectivity index (χ1) is 9.03. The van der Waals surface area contributed by atoms with E-state index in [1.165, 1.54) is 12.1 Å². The van der Waals surface area contributed by atoms with Crippen LogP contribution in [0.1, 0.15) is 0 Å². The first kappa shape index (κ1) is 11.9. The number of rotatable bonds is 2. The van der Waals surface area contributed by atoms with Crippen molar-refractivity contribution in [2.45, 2.75) is 0 Å². The quantitative estimate of drug-likeness (QED) is 0.530. The monoisotopic (exact) mass is 276 g/mol. The molecular formula is C14H9FO3S. The molecule has 0 amide bonds. The molecule has 0 aliphatic heterocycles. The summed E-state index contributed by atoms with van der Waals surface area (Å²) in [7, 11) is -5.00. The van der Waals surface area contributed by atoms with E-state index in [-0.39, 0.29) is 5.75 Å². The summed E-state index contributed by atoms with van der Waals surface area (Å²) < 4.78 is 37.8. The van der Waals surface area contributed by atoms with Gasteiger partial charge in [-0.05, 0) is 33.7 Å². The van der Waals surface area contributed by atoms with E-state index in [1.54, 1.807) is 6.07 Å². The Morgan fingerprint density at radius 3 is 2.21 bits per heavy atom. The van der Waals surface area contributed by atoms with Crippen molar-refractivity contribution in [2.24, 2.45) is 0 Å². The summed E-state index contributed by atoms with van der Waals surface area (Å²) in [6.07, 6.45) is 0. The molecule has 3 aromatic carbocycles. The second kappa shape index (κ2) is 4.20. The molecule has 96 valence electrons. The lowest BCUT2D eigenvalue weighted by molar-refractivity contribution is 0.440. The molecule has 0 N–H and O–H groups in total. The smallest absolute Gasteiger partial charge is 0.358 e. The number of benzene rings is 3. The molecule has 3 aromatic rings. The van der Waals surface area contributed by atoms with Gasteiger partial charge in [0.15, 0.2) is 0 Å². The topological polar surface area (TPSA) is 43.4 Å². The van der Waals surface area contributed by atoms with Crippen LogP contribution in [0.2, 0.25) is 0 Å². The summed E-state index contributed by atoms with van der Waals surface area (Å²) >= 11 is 0. The van der Waals surface area contributed by atoms with Gasteiger partial charge < -0.3 is 4.18 Å². The van der Waals surface area contributed by atoms with Crippen LogP contribution in [0.15, 0.2) is 54.6 Å². The van der Waals surface area contributed by atoms with Gasteiger partial charge in [0.25, 0.3) is 0 Å². The van der Waals surface area contributed by atoms with E-state index < -0.39 is 10.5 Å². The van der Waals surface area contributed by atoms with Crippen LogP contribution in [0.25, 0.3) is 21.5 Å². The Hall–Kier alpha value is -2.14. The third-order valence-corrected chi connectivity index (χ3v) is 3.31. The number of hydrogen-bond acceptors (Lipinski definition) is 3. The Bertz CT molecular complexity index is 872. The van der Waals surface area contributed by atoms with Gasteiger partial charge >= 0.3 is 10.5 Å². The first-order valence-corrected chi connectivity index (χ1v) is 6.89. The Labute approximate surface area is 109 Å². The van der Waals surface area contributed by atoms with Crippen LogP contribution in [0.4, 0.5) is 3.89 Å². The third kappa shape index (κ3) is 2.37. The van der Waals surface area contributed by atoms with Crippen molar-refractivity contribution in [3.05, 3.63) is 54.6 Å². The molecule has 0 atom stereocenters. The molecule has 0 heterocycles. The summed E-state index contributed by atoms with van der Waals surface area (Å²) in [4.78, 5) is 0. The van der Waals surface area contributed by atoms with Crippen LogP contribution in [-0.2, 0) is 10.5 Å². The van der Waals surface area contributed by atoms with E-state index in [2.05, 4.69) is 4.18 Å². The zero-order valence-electron chi connectivity index (χ0n) is 9.71. The highest BCUT2D eigenvalue weighted by Crippen LogP contribution is 2.29. The minimum atomic E-state index is -5.00. The zero-order valence-corrected chi connectivity index (χ0v) is 10.5. The molecule has 0 aromatic heterocycles. The summed E-state index contributed by atoms with van der Waals surface area (Å²) in [5.41, 5.74) is 0. The van der Waals surface area contributed by atoms with Gasteiger partial charge in [0.1, 0.15) is 5.75 Å². The van der Waals surface area contributed by atoms with Crippen LogP contribution in [0.5, 0.6) is 5.75 Å². The molecular weight excluding hydrogens is 267 g/mol. The Morgan fingerprint density at radius 1 is 0.842 bits per heavy atom. The summed E-state index contributed by atoms with van der Waals surface area (Å²) in [6.45, 7) is 0. The molecule has 0 saturated carbocycles. The second-order valence-corrected chi connectivity index (χ2v) is 5.10. The molecule has 0 aliphatic carbocycles. The Balaban J connectivity index is 2.28. The lowest BCUT2D eigenvalue weighted by Gasteiger charge is -2.06. The van der Waals surface area contributed by atoms with Gasteiger partial charge in [-0.2, -0.15) is 8.42 Å². The van der Waals surface area contributed by atoms with E-state index >= 15 is 0 Å². The van der Waals surface area contributed by atoms with Gasteiger partial charge in [0.2, 0.25) is 0 Å². The van der Waals surface area contributed by atoms with Gasteiger partial charge in [-0.1, -0.05) is 46.4 Å². The van der Waals surface area contributed by atoms with Gasteiger partial charge in [-0.15, -0.1) is 0 Å². The molecule has 0 spiro atoms. The first-order valence-electron chi connectivity index (χ1n) is 5.58. The Morgan fingerprint density at radius 2 is 1.47 bits per heavy atom. The Kier molecular flexibility index (Phi) is 2.64. The standard InChI is InChI=1S/C14H9FO3S/c15-19(16,17)18-12-8-7-11-6-5-10-3-1-2-4-13(10)14(11)9-12/h1-9H. The van der Waals surface area contributed by atoms with Crippen molar-refractivity contribution >= 4 is 32.0 Å². The van der Waals surface area contributed by atoms with Crippen molar-refractivity contribution < 1.29 is 16.5 Å². The predicted octanol–water partition coefficient (Wildman–Crippen LogP) is 3.59. The molecule has 3 nitrogen and oxygen atoms in total. The van der Waals surface area contributed by atoms with Crippen LogP contribution < -0.4 is 4.18 Å². The fourth-order valence-corrected chi connectivity index (χ4v) is 2.48. The fourth-order valence-electron chi connectivity index (χ4n) is 2.15. The lowest BCUT2D eigenvalue weighted by Crippen LogP contribution is -2.00. The van der Waals surface area contributed by atoms with Crippen LogP contribution in [0.3, 0.4) is 0 Å². The van der Waals surface area contributed by atoms with Crippen LogP contribution in [-0.4, -0.2) is 8.42 Å². The molecule has 0 radical (unpaired) electrons. The van der Waals surface area contributed by atoms with Crippen molar-refractivity contribution in [3.63, 3.8) is 0 Å². The normalized spacial score (nSPS) is 11.8. The lowest BCUT2D eigenvalue weighted by atomic mass is 10.0. The maximum atomic E-state index is 12.5. The van der Waals surface area contributed by atoms with E-state index in [0.29, 0.717) is 0 Å². The molecule has 0 unspecified atom stereocenters. The average molecular weight is 276 g/mol. The molecule has 0 bridgehead atoms. The SMILES string of the molecule is O=S(=O)(F)Oc1ccc2ccc3ccccc3c2c1. The predicted molar refractivity (Wildman–Crippen MR) is 72.1 cm³/mol. The summed E-state index contributed by atoms with van der Waals surface area (Å²) in [6, 6.07) is 16.2. The van der Waals surface area contributed by atoms with E-state index in [4.69, 9.17) is 0 Å². The van der Waals surface area contributed by atoms with E-state index in [0.717, 1.165) is 21.5 Å². The summed E-state index contributed by atoms with van der Waals surface area (Å²) in [5.74, 6) is -0.0358. The fraction of sp³-hybridized carbons (Fsp3) is 0. The van der Waals surface area contributed by atoms with Gasteiger partial charge in [0.05, 0.1) is 0 Å². The van der Waals surface area contributed by atoms with Crippen molar-refractivity contribution in [3.8, 4) is 5.75 Å². The van der Waals surface area contributed by atoms with Gasteiger partial charge in [-0.25, -0.2) is 0 Å². The number of halogens is 1. The molecule has 3 rings (SSSR count). The van der Waals surface area contributed by atoms with E-state index in [9.17, 15) is 12.3 Å². The zero-order chi connectivity index (χ0) is 13.5. The largest absolute Gasteiger partial charge is 0.488 e. The minimum Gasteiger partial charge on any atom is -0.358 e. The van der Waals surface area contributed by atoms with Crippen molar-refractivity contribution in [1.29, 1.82) is 0 Å². The second-order valence-electron chi connectivity index (χ2n) is 4.15.